The summed E-state index contributed by atoms with van der Waals surface area (Å²) in [6, 6.07) is 0. The fourth-order valence-electron chi connectivity index (χ4n) is 0.616. The number of aliphatic hydroxyl groups is 1. The molecule has 0 spiro atoms. The van der Waals surface area contributed by atoms with Gasteiger partial charge in [0.1, 0.15) is 0 Å². The highest BCUT2D eigenvalue weighted by atomic mass is 16.5. The van der Waals surface area contributed by atoms with Crippen molar-refractivity contribution in [2.45, 2.75) is 33.0 Å². The van der Waals surface area contributed by atoms with Crippen LogP contribution in [0.2, 0.25) is 0 Å². The molecule has 0 aliphatic rings. The molecule has 0 aromatic heterocycles. The lowest BCUT2D eigenvalue weighted by atomic mass is 10.1. The van der Waals surface area contributed by atoms with Gasteiger partial charge in [0.2, 0.25) is 0 Å². The van der Waals surface area contributed by atoms with Crippen molar-refractivity contribution in [2.75, 3.05) is 7.11 Å². The molecule has 60 valence electrons. The first-order chi connectivity index (χ1) is 4.57. The maximum Gasteiger partial charge on any atom is 0.0982 e. The molecule has 1 N–H and O–H groups in total. The van der Waals surface area contributed by atoms with Crippen molar-refractivity contribution in [1.29, 1.82) is 0 Å². The summed E-state index contributed by atoms with van der Waals surface area (Å²) in [5, 5.41) is 9.29. The van der Waals surface area contributed by atoms with Gasteiger partial charge in [-0.25, -0.2) is 0 Å². The topological polar surface area (TPSA) is 29.5 Å². The van der Waals surface area contributed by atoms with E-state index in [0.717, 1.165) is 5.57 Å². The molecular formula is C8H16O2. The Morgan fingerprint density at radius 2 is 2.00 bits per heavy atom. The van der Waals surface area contributed by atoms with E-state index in [9.17, 15) is 5.11 Å². The molecule has 0 aliphatic carbocycles. The van der Waals surface area contributed by atoms with Crippen molar-refractivity contribution >= 4 is 0 Å². The van der Waals surface area contributed by atoms with Gasteiger partial charge in [-0.2, -0.15) is 0 Å². The van der Waals surface area contributed by atoms with Crippen LogP contribution in [0.1, 0.15) is 20.8 Å². The lowest BCUT2D eigenvalue weighted by Crippen LogP contribution is -2.22. The Morgan fingerprint density at radius 1 is 1.50 bits per heavy atom. The highest BCUT2D eigenvalue weighted by Gasteiger charge is 2.08. The zero-order valence-corrected chi connectivity index (χ0v) is 7.09. The molecule has 0 heterocycles. The summed E-state index contributed by atoms with van der Waals surface area (Å²) in [7, 11) is 1.59. The third-order valence-corrected chi connectivity index (χ3v) is 1.36. The van der Waals surface area contributed by atoms with Gasteiger partial charge in [0.15, 0.2) is 0 Å². The molecule has 0 bridgehead atoms. The Hall–Kier alpha value is -0.340. The predicted molar refractivity (Wildman–Crippen MR) is 41.9 cm³/mol. The molecule has 0 fully saturated rings. The summed E-state index contributed by atoms with van der Waals surface area (Å²) < 4.78 is 4.92. The van der Waals surface area contributed by atoms with Crippen LogP contribution in [-0.2, 0) is 4.74 Å². The lowest BCUT2D eigenvalue weighted by Gasteiger charge is -2.13. The molecule has 2 unspecified atom stereocenters. The second-order valence-electron chi connectivity index (χ2n) is 2.68. The van der Waals surface area contributed by atoms with E-state index < -0.39 is 6.10 Å². The average molecular weight is 144 g/mol. The third-order valence-electron chi connectivity index (χ3n) is 1.36. The van der Waals surface area contributed by atoms with Crippen molar-refractivity contribution in [1.82, 2.24) is 0 Å². The molecule has 0 amide bonds. The van der Waals surface area contributed by atoms with E-state index >= 15 is 0 Å². The smallest absolute Gasteiger partial charge is 0.0982 e. The van der Waals surface area contributed by atoms with E-state index in [0.29, 0.717) is 0 Å². The number of rotatable bonds is 3. The van der Waals surface area contributed by atoms with E-state index in [1.807, 2.05) is 20.8 Å². The van der Waals surface area contributed by atoms with Gasteiger partial charge in [-0.1, -0.05) is 11.6 Å². The lowest BCUT2D eigenvalue weighted by molar-refractivity contribution is 0.0242. The molecule has 0 rings (SSSR count). The van der Waals surface area contributed by atoms with Gasteiger partial charge < -0.3 is 9.84 Å². The Bertz CT molecular complexity index is 114. The molecule has 0 saturated heterocycles. The molecule has 0 saturated carbocycles. The first kappa shape index (κ1) is 9.66. The van der Waals surface area contributed by atoms with Gasteiger partial charge in [-0.15, -0.1) is 0 Å². The van der Waals surface area contributed by atoms with E-state index in [4.69, 9.17) is 4.74 Å². The molecule has 2 heteroatoms. The molecule has 0 aromatic carbocycles. The maximum atomic E-state index is 9.29. The van der Waals surface area contributed by atoms with Crippen LogP contribution >= 0.6 is 0 Å². The minimum Gasteiger partial charge on any atom is -0.386 e. The molecule has 2 atom stereocenters. The summed E-state index contributed by atoms with van der Waals surface area (Å²) in [5.41, 5.74) is 1.11. The minimum absolute atomic E-state index is 0.116. The van der Waals surface area contributed by atoms with Crippen molar-refractivity contribution in [3.63, 3.8) is 0 Å². The van der Waals surface area contributed by atoms with Gasteiger partial charge >= 0.3 is 0 Å². The van der Waals surface area contributed by atoms with Crippen molar-refractivity contribution in [2.24, 2.45) is 0 Å². The van der Waals surface area contributed by atoms with Crippen LogP contribution in [-0.4, -0.2) is 24.4 Å². The van der Waals surface area contributed by atoms with Crippen LogP contribution in [0.5, 0.6) is 0 Å². The molecule has 0 aromatic rings. The van der Waals surface area contributed by atoms with Crippen LogP contribution in [0.3, 0.4) is 0 Å². The fourth-order valence-corrected chi connectivity index (χ4v) is 0.616. The van der Waals surface area contributed by atoms with Gasteiger partial charge in [-0.05, 0) is 20.8 Å². The van der Waals surface area contributed by atoms with E-state index in [2.05, 4.69) is 0 Å². The Balaban J connectivity index is 3.83. The molecule has 0 radical (unpaired) electrons. The summed E-state index contributed by atoms with van der Waals surface area (Å²) >= 11 is 0. The van der Waals surface area contributed by atoms with Crippen LogP contribution < -0.4 is 0 Å². The molecular weight excluding hydrogens is 128 g/mol. The van der Waals surface area contributed by atoms with Crippen LogP contribution in [0.15, 0.2) is 11.6 Å². The second kappa shape index (κ2) is 4.47. The van der Waals surface area contributed by atoms with Crippen LogP contribution in [0, 0.1) is 0 Å². The Morgan fingerprint density at radius 3 is 2.30 bits per heavy atom. The first-order valence-corrected chi connectivity index (χ1v) is 3.43. The number of methoxy groups -OCH3 is 1. The summed E-state index contributed by atoms with van der Waals surface area (Å²) in [6.07, 6.45) is 1.19. The second-order valence-corrected chi connectivity index (χ2v) is 2.68. The zero-order chi connectivity index (χ0) is 8.15. The molecule has 2 nitrogen and oxygen atoms in total. The Kier molecular flexibility index (Phi) is 4.32. The maximum absolute atomic E-state index is 9.29. The van der Waals surface area contributed by atoms with Gasteiger partial charge in [0.25, 0.3) is 0 Å². The summed E-state index contributed by atoms with van der Waals surface area (Å²) in [6.45, 7) is 5.74. The van der Waals surface area contributed by atoms with Crippen molar-refractivity contribution < 1.29 is 9.84 Å². The summed E-state index contributed by atoms with van der Waals surface area (Å²) in [5.74, 6) is 0. The van der Waals surface area contributed by atoms with E-state index in [-0.39, 0.29) is 6.10 Å². The average Bonchev–Trinajstić information content (AvgIpc) is 1.85. The number of aliphatic hydroxyl groups excluding tert-OH is 1. The number of hydrogen-bond donors (Lipinski definition) is 1. The predicted octanol–water partition coefficient (Wildman–Crippen LogP) is 1.35. The van der Waals surface area contributed by atoms with Gasteiger partial charge in [0, 0.05) is 7.11 Å². The molecule has 10 heavy (non-hydrogen) atoms. The van der Waals surface area contributed by atoms with Crippen molar-refractivity contribution in [3.05, 3.63) is 11.6 Å². The monoisotopic (exact) mass is 144 g/mol. The Labute approximate surface area is 62.5 Å². The minimum atomic E-state index is -0.477. The highest BCUT2D eigenvalue weighted by molar-refractivity contribution is 4.99. The van der Waals surface area contributed by atoms with Gasteiger partial charge in [0.05, 0.1) is 12.2 Å². The third kappa shape index (κ3) is 3.64. The first-order valence-electron chi connectivity index (χ1n) is 3.43. The van der Waals surface area contributed by atoms with Crippen molar-refractivity contribution in [3.8, 4) is 0 Å². The van der Waals surface area contributed by atoms with Crippen LogP contribution in [0.25, 0.3) is 0 Å². The summed E-state index contributed by atoms with van der Waals surface area (Å²) in [4.78, 5) is 0. The van der Waals surface area contributed by atoms with Gasteiger partial charge in [-0.3, -0.25) is 0 Å². The zero-order valence-electron chi connectivity index (χ0n) is 7.09. The SMILES string of the molecule is COC(C)C(O)C=C(C)C. The quantitative estimate of drug-likeness (QED) is 0.606. The largest absolute Gasteiger partial charge is 0.386 e. The fraction of sp³-hybridized carbons (Fsp3) is 0.750. The highest BCUT2D eigenvalue weighted by Crippen LogP contribution is 2.01. The standard InChI is InChI=1S/C8H16O2/c1-6(2)5-8(9)7(3)10-4/h5,7-9H,1-4H3. The number of allylic oxidation sites excluding steroid dienone is 1. The number of ether oxygens (including phenoxy) is 1. The normalized spacial score (nSPS) is 16.1. The van der Waals surface area contributed by atoms with E-state index in [1.165, 1.54) is 0 Å². The number of hydrogen-bond acceptors (Lipinski definition) is 2. The van der Waals surface area contributed by atoms with E-state index in [1.54, 1.807) is 13.2 Å². The van der Waals surface area contributed by atoms with Crippen LogP contribution in [0.4, 0.5) is 0 Å². The molecule has 0 aliphatic heterocycles.